The number of amides is 1. The lowest BCUT2D eigenvalue weighted by molar-refractivity contribution is -0.240. The predicted molar refractivity (Wildman–Crippen MR) is 109 cm³/mol. The molecule has 2 N–H and O–H groups in total. The molecule has 0 fully saturated rings. The molecule has 0 spiro atoms. The van der Waals surface area contributed by atoms with Crippen LogP contribution >= 0.6 is 0 Å². The molecule has 2 rings (SSSR count). The number of nitrogens with zero attached hydrogens (tertiary/aromatic N) is 3. The van der Waals surface area contributed by atoms with Gasteiger partial charge >= 0.3 is 12.5 Å². The van der Waals surface area contributed by atoms with E-state index in [0.29, 0.717) is 0 Å². The first-order valence-corrected chi connectivity index (χ1v) is 9.97. The fraction of sp³-hybridized carbons (Fsp3) is 0.476. The Labute approximate surface area is 187 Å². The highest BCUT2D eigenvalue weighted by Gasteiger charge is 2.44. The van der Waals surface area contributed by atoms with Crippen LogP contribution in [0.25, 0.3) is 0 Å². The number of hydrogen-bond acceptors (Lipinski definition) is 5. The van der Waals surface area contributed by atoms with Crippen LogP contribution < -0.4 is 10.6 Å². The molecule has 12 heteroatoms. The van der Waals surface area contributed by atoms with Gasteiger partial charge in [-0.1, -0.05) is 38.1 Å². The molecule has 0 aliphatic carbocycles. The number of carbonyl (C=O) groups is 1. The van der Waals surface area contributed by atoms with E-state index in [4.69, 9.17) is 5.26 Å². The quantitative estimate of drug-likeness (QED) is 0.333. The smallest absolute Gasteiger partial charge is 0.342 e. The van der Waals surface area contributed by atoms with Gasteiger partial charge in [0.05, 0.1) is 12.1 Å². The van der Waals surface area contributed by atoms with Crippen LogP contribution in [0.4, 0.5) is 26.3 Å². The molecule has 0 bridgehead atoms. The highest BCUT2D eigenvalue weighted by atomic mass is 19.4. The average molecular weight is 475 g/mol. The Hall–Kier alpha value is -3.07. The van der Waals surface area contributed by atoms with Gasteiger partial charge in [-0.3, -0.25) is 20.0 Å². The molecule has 0 aromatic heterocycles. The summed E-state index contributed by atoms with van der Waals surface area (Å²) >= 11 is 0. The van der Waals surface area contributed by atoms with E-state index in [-0.39, 0.29) is 34.9 Å². The van der Waals surface area contributed by atoms with Crippen molar-refractivity contribution in [2.75, 3.05) is 6.54 Å². The molecule has 33 heavy (non-hydrogen) atoms. The number of alkyl halides is 6. The SMILES string of the molecule is CC(C)C[C@H](N[C@@H](c1ccc(C2N=CC=CN2C(F)(F)F)cc1)C(F)(F)F)C(=O)NCC#N. The summed E-state index contributed by atoms with van der Waals surface area (Å²) < 4.78 is 81.3. The van der Waals surface area contributed by atoms with Crippen molar-refractivity contribution in [1.82, 2.24) is 15.5 Å². The van der Waals surface area contributed by atoms with Gasteiger partial charge in [-0.05, 0) is 29.5 Å². The van der Waals surface area contributed by atoms with Crippen LogP contribution in [0, 0.1) is 17.2 Å². The molecule has 1 aromatic rings. The molecule has 0 saturated heterocycles. The fourth-order valence-corrected chi connectivity index (χ4v) is 3.30. The molecular formula is C21H23F6N5O. The topological polar surface area (TPSA) is 80.5 Å². The Bertz CT molecular complexity index is 902. The van der Waals surface area contributed by atoms with Crippen molar-refractivity contribution in [3.8, 4) is 6.07 Å². The van der Waals surface area contributed by atoms with E-state index in [1.165, 1.54) is 6.21 Å². The molecule has 6 nitrogen and oxygen atoms in total. The number of halogens is 6. The number of allylic oxidation sites excluding steroid dienone is 1. The summed E-state index contributed by atoms with van der Waals surface area (Å²) in [6.45, 7) is 3.11. The summed E-state index contributed by atoms with van der Waals surface area (Å²) in [6.07, 6.45) is -7.84. The van der Waals surface area contributed by atoms with Gasteiger partial charge in [0.25, 0.3) is 0 Å². The molecular weight excluding hydrogens is 452 g/mol. The van der Waals surface area contributed by atoms with Gasteiger partial charge in [0.15, 0.2) is 6.17 Å². The number of carbonyl (C=O) groups excluding carboxylic acids is 1. The van der Waals surface area contributed by atoms with E-state index in [0.717, 1.165) is 36.5 Å². The molecule has 3 atom stereocenters. The van der Waals surface area contributed by atoms with Crippen molar-refractivity contribution < 1.29 is 31.1 Å². The Morgan fingerprint density at radius 3 is 2.33 bits per heavy atom. The summed E-state index contributed by atoms with van der Waals surface area (Å²) in [5, 5.41) is 13.2. The van der Waals surface area contributed by atoms with E-state index in [2.05, 4.69) is 15.6 Å². The largest absolute Gasteiger partial charge is 0.486 e. The fourth-order valence-electron chi connectivity index (χ4n) is 3.30. The van der Waals surface area contributed by atoms with Gasteiger partial charge < -0.3 is 5.32 Å². The highest BCUT2D eigenvalue weighted by Crippen LogP contribution is 2.37. The van der Waals surface area contributed by atoms with Crippen molar-refractivity contribution in [3.05, 3.63) is 47.7 Å². The van der Waals surface area contributed by atoms with Crippen LogP contribution in [0.1, 0.15) is 43.6 Å². The third-order valence-electron chi connectivity index (χ3n) is 4.74. The third kappa shape index (κ3) is 7.21. The van der Waals surface area contributed by atoms with E-state index in [1.807, 2.05) is 0 Å². The second-order valence-electron chi connectivity index (χ2n) is 7.75. The Morgan fingerprint density at radius 1 is 1.18 bits per heavy atom. The van der Waals surface area contributed by atoms with Crippen LogP contribution in [0.15, 0.2) is 41.5 Å². The van der Waals surface area contributed by atoms with Crippen molar-refractivity contribution in [2.24, 2.45) is 10.9 Å². The number of nitrogens with one attached hydrogen (secondary N) is 2. The van der Waals surface area contributed by atoms with Gasteiger partial charge in [0.1, 0.15) is 12.6 Å². The molecule has 1 unspecified atom stereocenters. The molecule has 0 saturated carbocycles. The Balaban J connectivity index is 2.31. The molecule has 1 aromatic carbocycles. The first-order valence-electron chi connectivity index (χ1n) is 9.97. The normalized spacial score (nSPS) is 18.2. The van der Waals surface area contributed by atoms with Crippen molar-refractivity contribution >= 4 is 12.1 Å². The van der Waals surface area contributed by atoms with E-state index in [1.54, 1.807) is 19.9 Å². The zero-order chi connectivity index (χ0) is 24.8. The molecule has 0 radical (unpaired) electrons. The summed E-state index contributed by atoms with van der Waals surface area (Å²) in [4.78, 5) is 16.1. The van der Waals surface area contributed by atoms with Crippen molar-refractivity contribution in [1.29, 1.82) is 5.26 Å². The van der Waals surface area contributed by atoms with Crippen molar-refractivity contribution in [2.45, 2.75) is 51.0 Å². The maximum atomic E-state index is 13.9. The zero-order valence-corrected chi connectivity index (χ0v) is 17.8. The zero-order valence-electron chi connectivity index (χ0n) is 17.8. The Kier molecular flexibility index (Phi) is 8.49. The molecule has 180 valence electrons. The van der Waals surface area contributed by atoms with Gasteiger partial charge in [-0.15, -0.1) is 0 Å². The standard InChI is InChI=1S/C21H23F6N5O/c1-13(2)12-16(19(33)30-10-8-28)31-17(20(22,23)24)14-4-6-15(7-5-14)18-29-9-3-11-32(18)21(25,26)27/h3-7,9,11,13,16-18,31H,10,12H2,1-2H3,(H,30,33)/t16-,17-,18?/m0/s1. The van der Waals surface area contributed by atoms with Gasteiger partial charge in [0.2, 0.25) is 5.91 Å². The van der Waals surface area contributed by atoms with Crippen molar-refractivity contribution in [3.63, 3.8) is 0 Å². The van der Waals surface area contributed by atoms with Crippen LogP contribution in [-0.2, 0) is 4.79 Å². The minimum absolute atomic E-state index is 0.0414. The maximum absolute atomic E-state index is 13.9. The number of rotatable bonds is 8. The van der Waals surface area contributed by atoms with Gasteiger partial charge in [-0.2, -0.15) is 31.6 Å². The number of nitriles is 1. The summed E-state index contributed by atoms with van der Waals surface area (Å²) in [5.41, 5.74) is -0.231. The van der Waals surface area contributed by atoms with E-state index in [9.17, 15) is 31.1 Å². The minimum atomic E-state index is -4.80. The molecule has 1 aliphatic heterocycles. The van der Waals surface area contributed by atoms with Crippen LogP contribution in [0.3, 0.4) is 0 Å². The van der Waals surface area contributed by atoms with Gasteiger partial charge in [-0.25, -0.2) is 0 Å². The summed E-state index contributed by atoms with van der Waals surface area (Å²) in [5.74, 6) is -0.877. The lowest BCUT2D eigenvalue weighted by Crippen LogP contribution is -2.49. The lowest BCUT2D eigenvalue weighted by atomic mass is 9.98. The lowest BCUT2D eigenvalue weighted by Gasteiger charge is -2.31. The maximum Gasteiger partial charge on any atom is 0.486 e. The summed E-state index contributed by atoms with van der Waals surface area (Å²) in [7, 11) is 0. The second kappa shape index (κ2) is 10.7. The minimum Gasteiger partial charge on any atom is -0.342 e. The molecule has 1 heterocycles. The number of benzene rings is 1. The van der Waals surface area contributed by atoms with E-state index >= 15 is 0 Å². The second-order valence-corrected chi connectivity index (χ2v) is 7.75. The number of aliphatic imine (C=N–C) groups is 1. The first kappa shape index (κ1) is 26.2. The van der Waals surface area contributed by atoms with Crippen LogP contribution in [-0.4, -0.2) is 42.1 Å². The first-order chi connectivity index (χ1) is 15.3. The summed E-state index contributed by atoms with van der Waals surface area (Å²) in [6, 6.07) is 2.60. The molecule has 1 amide bonds. The highest BCUT2D eigenvalue weighted by molar-refractivity contribution is 5.82. The van der Waals surface area contributed by atoms with Crippen LogP contribution in [0.5, 0.6) is 0 Å². The number of hydrogen-bond donors (Lipinski definition) is 2. The Morgan fingerprint density at radius 2 is 1.82 bits per heavy atom. The monoisotopic (exact) mass is 475 g/mol. The van der Waals surface area contributed by atoms with E-state index < -0.39 is 36.6 Å². The molecule has 1 aliphatic rings. The third-order valence-corrected chi connectivity index (χ3v) is 4.74. The van der Waals surface area contributed by atoms with Crippen LogP contribution in [0.2, 0.25) is 0 Å². The van der Waals surface area contributed by atoms with Gasteiger partial charge in [0, 0.05) is 12.4 Å². The predicted octanol–water partition coefficient (Wildman–Crippen LogP) is 4.35. The average Bonchev–Trinajstić information content (AvgIpc) is 2.73.